The summed E-state index contributed by atoms with van der Waals surface area (Å²) in [6, 6.07) is 25.1. The molecule has 5 heteroatoms. The Morgan fingerprint density at radius 2 is 1.48 bits per heavy atom. The highest BCUT2D eigenvalue weighted by atomic mass is 16.6. The summed E-state index contributed by atoms with van der Waals surface area (Å²) in [5.41, 5.74) is 2.71. The molecule has 3 rings (SSSR count). The minimum Gasteiger partial charge on any atom is -0.493 e. The molecule has 0 aliphatic heterocycles. The van der Waals surface area contributed by atoms with Crippen molar-refractivity contribution in [1.82, 2.24) is 0 Å². The first-order valence-corrected chi connectivity index (χ1v) is 8.48. The summed E-state index contributed by atoms with van der Waals surface area (Å²) in [6.45, 7) is 1.35. The van der Waals surface area contributed by atoms with Crippen LogP contribution in [0.5, 0.6) is 11.5 Å². The molecule has 5 nitrogen and oxygen atoms in total. The largest absolute Gasteiger partial charge is 0.493 e. The lowest BCUT2D eigenvalue weighted by molar-refractivity contribution is -0.132. The highest BCUT2D eigenvalue weighted by molar-refractivity contribution is 5.83. The molecule has 0 amide bonds. The highest BCUT2D eigenvalue weighted by Gasteiger charge is 2.09. The maximum absolute atomic E-state index is 11.2. The van der Waals surface area contributed by atoms with Crippen LogP contribution in [0, 0.1) is 0 Å². The number of hydrogen-bond acceptors (Lipinski definition) is 5. The molecule has 0 N–H and O–H groups in total. The molecular formula is C22H20N2O3. The van der Waals surface area contributed by atoms with Crippen LogP contribution in [0.25, 0.3) is 0 Å². The van der Waals surface area contributed by atoms with E-state index in [1.807, 2.05) is 71.7 Å². The SMILES string of the molecule is COc1cc(/C=N/N(c2ccccc2)c2ccccc2)ccc1OC(C)=O. The summed E-state index contributed by atoms with van der Waals surface area (Å²) in [6.07, 6.45) is 1.74. The maximum Gasteiger partial charge on any atom is 0.308 e. The van der Waals surface area contributed by atoms with Crippen LogP contribution < -0.4 is 14.5 Å². The Kier molecular flexibility index (Phi) is 5.84. The standard InChI is InChI=1S/C22H20N2O3/c1-17(25)27-21-14-13-18(15-22(21)26-2)16-23-24(19-9-5-3-6-10-19)20-11-7-4-8-12-20/h3-16H,1-2H3/b23-16+. The average Bonchev–Trinajstić information content (AvgIpc) is 2.70. The van der Waals surface area contributed by atoms with Crippen molar-refractivity contribution in [3.63, 3.8) is 0 Å². The monoisotopic (exact) mass is 360 g/mol. The van der Waals surface area contributed by atoms with Crippen molar-refractivity contribution in [2.24, 2.45) is 5.10 Å². The van der Waals surface area contributed by atoms with Gasteiger partial charge < -0.3 is 9.47 Å². The number of anilines is 2. The zero-order valence-corrected chi connectivity index (χ0v) is 15.2. The fraction of sp³-hybridized carbons (Fsp3) is 0.0909. The van der Waals surface area contributed by atoms with Crippen molar-refractivity contribution in [1.29, 1.82) is 0 Å². The number of hydrogen-bond donors (Lipinski definition) is 0. The first kappa shape index (κ1) is 18.2. The fourth-order valence-corrected chi connectivity index (χ4v) is 2.55. The van der Waals surface area contributed by atoms with Crippen molar-refractivity contribution in [2.45, 2.75) is 6.92 Å². The Bertz CT molecular complexity index is 885. The number of esters is 1. The predicted octanol–water partition coefficient (Wildman–Crippen LogP) is 4.79. The molecule has 0 spiro atoms. The van der Waals surface area contributed by atoms with Crippen LogP contribution in [0.15, 0.2) is 84.0 Å². The number of para-hydroxylation sites is 2. The number of nitrogens with zero attached hydrogens (tertiary/aromatic N) is 2. The van der Waals surface area contributed by atoms with E-state index in [2.05, 4.69) is 5.10 Å². The molecule has 3 aromatic rings. The minimum absolute atomic E-state index is 0.380. The van der Waals surface area contributed by atoms with E-state index in [-0.39, 0.29) is 0 Å². The Morgan fingerprint density at radius 3 is 2.00 bits per heavy atom. The summed E-state index contributed by atoms with van der Waals surface area (Å²) in [5, 5.41) is 6.50. The van der Waals surface area contributed by atoms with E-state index >= 15 is 0 Å². The van der Waals surface area contributed by atoms with E-state index in [1.165, 1.54) is 14.0 Å². The Morgan fingerprint density at radius 1 is 0.889 bits per heavy atom. The molecule has 0 unspecified atom stereocenters. The van der Waals surface area contributed by atoms with Crippen molar-refractivity contribution in [3.05, 3.63) is 84.4 Å². The third-order valence-corrected chi connectivity index (χ3v) is 3.77. The zero-order valence-electron chi connectivity index (χ0n) is 15.2. The molecule has 0 bridgehead atoms. The molecule has 0 aliphatic rings. The van der Waals surface area contributed by atoms with Crippen LogP contribution in [0.1, 0.15) is 12.5 Å². The van der Waals surface area contributed by atoms with Gasteiger partial charge in [-0.1, -0.05) is 36.4 Å². The van der Waals surface area contributed by atoms with Gasteiger partial charge in [0.1, 0.15) is 0 Å². The molecule has 0 aromatic heterocycles. The number of hydrazone groups is 1. The molecule has 0 radical (unpaired) electrons. The van der Waals surface area contributed by atoms with Crippen molar-refractivity contribution in [3.8, 4) is 11.5 Å². The molecule has 3 aromatic carbocycles. The molecule has 136 valence electrons. The summed E-state index contributed by atoms with van der Waals surface area (Å²) < 4.78 is 10.4. The first-order valence-electron chi connectivity index (χ1n) is 8.48. The molecule has 27 heavy (non-hydrogen) atoms. The van der Waals surface area contributed by atoms with E-state index in [4.69, 9.17) is 9.47 Å². The van der Waals surface area contributed by atoms with Crippen molar-refractivity contribution >= 4 is 23.6 Å². The van der Waals surface area contributed by atoms with Crippen LogP contribution in [0.4, 0.5) is 11.4 Å². The summed E-state index contributed by atoms with van der Waals surface area (Å²) in [4.78, 5) is 11.2. The van der Waals surface area contributed by atoms with Gasteiger partial charge in [0.05, 0.1) is 24.7 Å². The fourth-order valence-electron chi connectivity index (χ4n) is 2.55. The van der Waals surface area contributed by atoms with Gasteiger partial charge in [0.25, 0.3) is 0 Å². The lowest BCUT2D eigenvalue weighted by atomic mass is 10.2. The predicted molar refractivity (Wildman–Crippen MR) is 107 cm³/mol. The highest BCUT2D eigenvalue weighted by Crippen LogP contribution is 2.28. The average molecular weight is 360 g/mol. The minimum atomic E-state index is -0.394. The van der Waals surface area contributed by atoms with Crippen LogP contribution in [-0.2, 0) is 4.79 Å². The lowest BCUT2D eigenvalue weighted by Gasteiger charge is -2.19. The quantitative estimate of drug-likeness (QED) is 0.274. The Balaban J connectivity index is 1.92. The molecule has 0 heterocycles. The zero-order chi connectivity index (χ0) is 19.1. The van der Waals surface area contributed by atoms with E-state index in [9.17, 15) is 4.79 Å². The van der Waals surface area contributed by atoms with Gasteiger partial charge in [-0.15, -0.1) is 0 Å². The van der Waals surface area contributed by atoms with Gasteiger partial charge in [-0.05, 0) is 48.0 Å². The van der Waals surface area contributed by atoms with E-state index in [1.54, 1.807) is 18.3 Å². The van der Waals surface area contributed by atoms with Crippen LogP contribution in [0.2, 0.25) is 0 Å². The molecule has 0 fully saturated rings. The molecule has 0 atom stereocenters. The van der Waals surface area contributed by atoms with Crippen molar-refractivity contribution in [2.75, 3.05) is 12.1 Å². The van der Waals surface area contributed by atoms with Gasteiger partial charge in [0.15, 0.2) is 11.5 Å². The number of carbonyl (C=O) groups excluding carboxylic acids is 1. The number of benzene rings is 3. The lowest BCUT2D eigenvalue weighted by Crippen LogP contribution is -2.09. The Labute approximate surface area is 158 Å². The number of carbonyl (C=O) groups is 1. The third-order valence-electron chi connectivity index (χ3n) is 3.77. The van der Waals surface area contributed by atoms with Crippen molar-refractivity contribution < 1.29 is 14.3 Å². The molecule has 0 aliphatic carbocycles. The van der Waals surface area contributed by atoms with Crippen LogP contribution in [-0.4, -0.2) is 19.3 Å². The first-order chi connectivity index (χ1) is 13.2. The smallest absolute Gasteiger partial charge is 0.308 e. The molecule has 0 saturated heterocycles. The van der Waals surface area contributed by atoms with Gasteiger partial charge in [-0.25, -0.2) is 5.01 Å². The van der Waals surface area contributed by atoms with Gasteiger partial charge in [-0.3, -0.25) is 4.79 Å². The van der Waals surface area contributed by atoms with Crippen LogP contribution in [0.3, 0.4) is 0 Å². The van der Waals surface area contributed by atoms with Gasteiger partial charge in [0.2, 0.25) is 0 Å². The molecule has 0 saturated carbocycles. The van der Waals surface area contributed by atoms with Gasteiger partial charge >= 0.3 is 5.97 Å². The third kappa shape index (κ3) is 4.73. The number of ether oxygens (including phenoxy) is 2. The summed E-state index contributed by atoms with van der Waals surface area (Å²) in [7, 11) is 1.53. The topological polar surface area (TPSA) is 51.1 Å². The number of rotatable bonds is 6. The van der Waals surface area contributed by atoms with Gasteiger partial charge in [0, 0.05) is 6.92 Å². The summed E-state index contributed by atoms with van der Waals surface area (Å²) in [5.74, 6) is 0.458. The van der Waals surface area contributed by atoms with Gasteiger partial charge in [-0.2, -0.15) is 5.10 Å². The Hall–Kier alpha value is -3.60. The second-order valence-electron chi connectivity index (χ2n) is 5.73. The second-order valence-corrected chi connectivity index (χ2v) is 5.73. The van der Waals surface area contributed by atoms with E-state index in [0.717, 1.165) is 16.9 Å². The summed E-state index contributed by atoms with van der Waals surface area (Å²) >= 11 is 0. The second kappa shape index (κ2) is 8.67. The van der Waals surface area contributed by atoms with E-state index < -0.39 is 5.97 Å². The van der Waals surface area contributed by atoms with Crippen LogP contribution >= 0.6 is 0 Å². The maximum atomic E-state index is 11.2. The normalized spacial score (nSPS) is 10.6. The number of methoxy groups -OCH3 is 1. The van der Waals surface area contributed by atoms with E-state index in [0.29, 0.717) is 11.5 Å². The molecular weight excluding hydrogens is 340 g/mol.